The number of anilines is 2. The average molecular weight is 295 g/mol. The van der Waals surface area contributed by atoms with Crippen LogP contribution in [0.25, 0.3) is 0 Å². The quantitative estimate of drug-likeness (QED) is 0.654. The monoisotopic (exact) mass is 295 g/mol. The lowest BCUT2D eigenvalue weighted by atomic mass is 10.2. The zero-order chi connectivity index (χ0) is 15.4. The first-order valence-corrected chi connectivity index (χ1v) is 7.16. The van der Waals surface area contributed by atoms with E-state index in [1.807, 2.05) is 25.7 Å². The molecule has 1 aliphatic rings. The number of rotatable bonds is 5. The summed E-state index contributed by atoms with van der Waals surface area (Å²) in [6.07, 6.45) is 2.25. The molecule has 2 atom stereocenters. The molecule has 1 aliphatic heterocycles. The molecule has 1 aromatic rings. The van der Waals surface area contributed by atoms with Gasteiger partial charge in [0.05, 0.1) is 17.1 Å². The van der Waals surface area contributed by atoms with Crippen molar-refractivity contribution in [3.05, 3.63) is 16.4 Å². The molecule has 1 N–H and O–H groups in total. The average Bonchev–Trinajstić information content (AvgIpc) is 2.43. The van der Waals surface area contributed by atoms with Crippen molar-refractivity contribution < 1.29 is 9.66 Å². The minimum Gasteiger partial charge on any atom is -0.372 e. The van der Waals surface area contributed by atoms with Crippen LogP contribution >= 0.6 is 0 Å². The number of aromatic nitrogens is 2. The second-order valence-corrected chi connectivity index (χ2v) is 5.24. The van der Waals surface area contributed by atoms with Crippen LogP contribution in [0.15, 0.2) is 6.33 Å². The summed E-state index contributed by atoms with van der Waals surface area (Å²) in [6.45, 7) is 7.68. The Kier molecular flexibility index (Phi) is 4.89. The van der Waals surface area contributed by atoms with Gasteiger partial charge >= 0.3 is 5.69 Å². The normalized spacial score (nSPS) is 22.1. The van der Waals surface area contributed by atoms with Crippen molar-refractivity contribution >= 4 is 17.3 Å². The topological polar surface area (TPSA) is 93.4 Å². The summed E-state index contributed by atoms with van der Waals surface area (Å²) in [5, 5.41) is 14.4. The standard InChI is InChI=1S/C13H21N5O3/c1-4-5-14-12-11(18(19)20)13(16-8-15-12)17-6-9(2)21-10(3)7-17/h8-10H,4-7H2,1-3H3,(H,14,15,16). The van der Waals surface area contributed by atoms with Crippen LogP contribution in [-0.4, -0.2) is 46.7 Å². The van der Waals surface area contributed by atoms with Crippen molar-refractivity contribution in [1.29, 1.82) is 0 Å². The third kappa shape index (κ3) is 3.57. The lowest BCUT2D eigenvalue weighted by molar-refractivity contribution is -0.383. The molecule has 0 bridgehead atoms. The van der Waals surface area contributed by atoms with E-state index >= 15 is 0 Å². The van der Waals surface area contributed by atoms with Crippen LogP contribution in [0.3, 0.4) is 0 Å². The minimum absolute atomic E-state index is 0.00960. The van der Waals surface area contributed by atoms with Crippen LogP contribution in [0.4, 0.5) is 17.3 Å². The van der Waals surface area contributed by atoms with Gasteiger partial charge in [-0.3, -0.25) is 10.1 Å². The van der Waals surface area contributed by atoms with Crippen LogP contribution < -0.4 is 10.2 Å². The molecule has 0 aliphatic carbocycles. The summed E-state index contributed by atoms with van der Waals surface area (Å²) < 4.78 is 5.66. The molecule has 2 heterocycles. The molecule has 1 fully saturated rings. The molecular formula is C13H21N5O3. The van der Waals surface area contributed by atoms with Crippen LogP contribution in [-0.2, 0) is 4.74 Å². The van der Waals surface area contributed by atoms with Gasteiger partial charge in [0, 0.05) is 19.6 Å². The summed E-state index contributed by atoms with van der Waals surface area (Å²) >= 11 is 0. The van der Waals surface area contributed by atoms with Gasteiger partial charge in [-0.25, -0.2) is 9.97 Å². The van der Waals surface area contributed by atoms with Crippen LogP contribution in [0.5, 0.6) is 0 Å². The molecule has 8 heteroatoms. The lowest BCUT2D eigenvalue weighted by Crippen LogP contribution is -2.46. The third-order valence-electron chi connectivity index (χ3n) is 3.25. The van der Waals surface area contributed by atoms with E-state index in [1.165, 1.54) is 6.33 Å². The Bertz CT molecular complexity index is 501. The molecule has 0 radical (unpaired) electrons. The highest BCUT2D eigenvalue weighted by Gasteiger charge is 2.31. The van der Waals surface area contributed by atoms with Gasteiger partial charge in [-0.2, -0.15) is 0 Å². The van der Waals surface area contributed by atoms with Crippen LogP contribution in [0.1, 0.15) is 27.2 Å². The van der Waals surface area contributed by atoms with Gasteiger partial charge in [0.1, 0.15) is 6.33 Å². The van der Waals surface area contributed by atoms with E-state index in [4.69, 9.17) is 4.74 Å². The van der Waals surface area contributed by atoms with Gasteiger partial charge in [0.15, 0.2) is 0 Å². The van der Waals surface area contributed by atoms with Crippen LogP contribution in [0, 0.1) is 10.1 Å². The Morgan fingerprint density at radius 2 is 2.10 bits per heavy atom. The summed E-state index contributed by atoms with van der Waals surface area (Å²) in [5.41, 5.74) is -0.0627. The molecule has 1 aromatic heterocycles. The maximum absolute atomic E-state index is 11.4. The molecule has 8 nitrogen and oxygen atoms in total. The van der Waals surface area contributed by atoms with E-state index < -0.39 is 4.92 Å². The Balaban J connectivity index is 2.35. The fourth-order valence-electron chi connectivity index (χ4n) is 2.49. The highest BCUT2D eigenvalue weighted by atomic mass is 16.6. The number of nitro groups is 1. The number of hydrogen-bond acceptors (Lipinski definition) is 7. The van der Waals surface area contributed by atoms with Crippen molar-refractivity contribution in [3.8, 4) is 0 Å². The van der Waals surface area contributed by atoms with Crippen molar-refractivity contribution in [1.82, 2.24) is 9.97 Å². The summed E-state index contributed by atoms with van der Waals surface area (Å²) in [5.74, 6) is 0.634. The smallest absolute Gasteiger partial charge is 0.353 e. The van der Waals surface area contributed by atoms with Gasteiger partial charge < -0.3 is 15.0 Å². The predicted molar refractivity (Wildman–Crippen MR) is 79.7 cm³/mol. The Labute approximate surface area is 123 Å². The predicted octanol–water partition coefficient (Wildman–Crippen LogP) is 1.82. The first kappa shape index (κ1) is 15.4. The van der Waals surface area contributed by atoms with Crippen molar-refractivity contribution in [2.45, 2.75) is 39.4 Å². The van der Waals surface area contributed by atoms with E-state index in [2.05, 4.69) is 15.3 Å². The summed E-state index contributed by atoms with van der Waals surface area (Å²) in [4.78, 5) is 21.1. The molecule has 1 saturated heterocycles. The summed E-state index contributed by atoms with van der Waals surface area (Å²) in [7, 11) is 0. The van der Waals surface area contributed by atoms with Gasteiger partial charge in [-0.05, 0) is 20.3 Å². The van der Waals surface area contributed by atoms with Crippen LogP contribution in [0.2, 0.25) is 0 Å². The maximum atomic E-state index is 11.4. The van der Waals surface area contributed by atoms with Crippen molar-refractivity contribution in [2.75, 3.05) is 29.9 Å². The zero-order valence-corrected chi connectivity index (χ0v) is 12.6. The largest absolute Gasteiger partial charge is 0.372 e. The highest BCUT2D eigenvalue weighted by molar-refractivity contribution is 5.70. The number of nitrogens with zero attached hydrogens (tertiary/aromatic N) is 4. The Morgan fingerprint density at radius 1 is 1.43 bits per heavy atom. The number of morpholine rings is 1. The fourth-order valence-corrected chi connectivity index (χ4v) is 2.49. The molecule has 0 aromatic carbocycles. The Morgan fingerprint density at radius 3 is 2.67 bits per heavy atom. The molecular weight excluding hydrogens is 274 g/mol. The minimum atomic E-state index is -0.419. The van der Waals surface area contributed by atoms with Gasteiger partial charge in [0.2, 0.25) is 11.6 Å². The zero-order valence-electron chi connectivity index (χ0n) is 12.6. The molecule has 0 spiro atoms. The first-order chi connectivity index (χ1) is 10.0. The van der Waals surface area contributed by atoms with Crippen molar-refractivity contribution in [2.24, 2.45) is 0 Å². The number of ether oxygens (including phenoxy) is 1. The van der Waals surface area contributed by atoms with E-state index in [0.29, 0.717) is 25.5 Å². The van der Waals surface area contributed by atoms with Gasteiger partial charge in [0.25, 0.3) is 0 Å². The van der Waals surface area contributed by atoms with E-state index in [-0.39, 0.29) is 23.7 Å². The molecule has 116 valence electrons. The molecule has 21 heavy (non-hydrogen) atoms. The van der Waals surface area contributed by atoms with E-state index in [1.54, 1.807) is 0 Å². The molecule has 2 rings (SSSR count). The molecule has 2 unspecified atom stereocenters. The molecule has 0 saturated carbocycles. The number of hydrogen-bond donors (Lipinski definition) is 1. The van der Waals surface area contributed by atoms with E-state index in [9.17, 15) is 10.1 Å². The second kappa shape index (κ2) is 6.66. The van der Waals surface area contributed by atoms with Gasteiger partial charge in [-0.1, -0.05) is 6.92 Å². The van der Waals surface area contributed by atoms with Crippen molar-refractivity contribution in [3.63, 3.8) is 0 Å². The molecule has 0 amide bonds. The maximum Gasteiger partial charge on any atom is 0.353 e. The van der Waals surface area contributed by atoms with E-state index in [0.717, 1.165) is 6.42 Å². The number of nitrogens with one attached hydrogen (secondary N) is 1. The summed E-state index contributed by atoms with van der Waals surface area (Å²) in [6, 6.07) is 0. The second-order valence-electron chi connectivity index (χ2n) is 5.24. The lowest BCUT2D eigenvalue weighted by Gasteiger charge is -2.35. The Hall–Kier alpha value is -1.96. The SMILES string of the molecule is CCCNc1ncnc(N2CC(C)OC(C)C2)c1[N+](=O)[O-]. The highest BCUT2D eigenvalue weighted by Crippen LogP contribution is 2.33. The third-order valence-corrected chi connectivity index (χ3v) is 3.25. The van der Waals surface area contributed by atoms with Gasteiger partial charge in [-0.15, -0.1) is 0 Å². The fraction of sp³-hybridized carbons (Fsp3) is 0.692. The first-order valence-electron chi connectivity index (χ1n) is 7.16.